The van der Waals surface area contributed by atoms with Crippen molar-refractivity contribution >= 4 is 5.95 Å². The highest BCUT2D eigenvalue weighted by Crippen LogP contribution is 2.28. The third kappa shape index (κ3) is 2.57. The van der Waals surface area contributed by atoms with Crippen molar-refractivity contribution in [3.05, 3.63) is 11.9 Å². The van der Waals surface area contributed by atoms with Crippen molar-refractivity contribution in [3.63, 3.8) is 0 Å². The smallest absolute Gasteiger partial charge is 0.203 e. The van der Waals surface area contributed by atoms with Crippen molar-refractivity contribution in [1.29, 1.82) is 0 Å². The minimum Gasteiger partial charge on any atom is -0.353 e. The van der Waals surface area contributed by atoms with E-state index >= 15 is 0 Å². The van der Waals surface area contributed by atoms with E-state index < -0.39 is 0 Å². The molecular weight excluding hydrogens is 198 g/mol. The van der Waals surface area contributed by atoms with Crippen LogP contribution in [0.5, 0.6) is 0 Å². The molecule has 2 rings (SSSR count). The van der Waals surface area contributed by atoms with Crippen LogP contribution in [0, 0.1) is 6.92 Å². The summed E-state index contributed by atoms with van der Waals surface area (Å²) < 4.78 is 2.34. The van der Waals surface area contributed by atoms with Gasteiger partial charge in [0.1, 0.15) is 0 Å². The van der Waals surface area contributed by atoms with Crippen LogP contribution in [0.2, 0.25) is 0 Å². The third-order valence-electron chi connectivity index (χ3n) is 3.25. The predicted octanol–water partition coefficient (Wildman–Crippen LogP) is 3.52. The van der Waals surface area contributed by atoms with Gasteiger partial charge in [0, 0.05) is 18.3 Å². The standard InChI is InChI=1S/C13H23N3/c1-4-6-12(5-2)16-9-10(3)14-13(16)15-11-7-8-11/h9,11-12H,4-8H2,1-3H3,(H,14,15). The average Bonchev–Trinajstić information content (AvgIpc) is 2.99. The fourth-order valence-corrected chi connectivity index (χ4v) is 2.18. The van der Waals surface area contributed by atoms with Gasteiger partial charge in [-0.25, -0.2) is 4.98 Å². The topological polar surface area (TPSA) is 29.9 Å². The fraction of sp³-hybridized carbons (Fsp3) is 0.769. The molecule has 1 saturated carbocycles. The van der Waals surface area contributed by atoms with Crippen LogP contribution in [-0.2, 0) is 0 Å². The van der Waals surface area contributed by atoms with E-state index in [1.54, 1.807) is 0 Å². The molecule has 90 valence electrons. The quantitative estimate of drug-likeness (QED) is 0.796. The van der Waals surface area contributed by atoms with Crippen LogP contribution in [0.4, 0.5) is 5.95 Å². The molecule has 0 saturated heterocycles. The molecule has 1 atom stereocenters. The third-order valence-corrected chi connectivity index (χ3v) is 3.25. The summed E-state index contributed by atoms with van der Waals surface area (Å²) in [5, 5.41) is 3.53. The summed E-state index contributed by atoms with van der Waals surface area (Å²) in [5.74, 6) is 1.08. The lowest BCUT2D eigenvalue weighted by Gasteiger charge is -2.18. The number of aryl methyl sites for hydroxylation is 1. The van der Waals surface area contributed by atoms with Crippen molar-refractivity contribution in [2.75, 3.05) is 5.32 Å². The first-order valence-electron chi connectivity index (χ1n) is 6.56. The Labute approximate surface area is 98.3 Å². The lowest BCUT2D eigenvalue weighted by Crippen LogP contribution is -2.13. The molecule has 1 unspecified atom stereocenters. The molecule has 0 bridgehead atoms. The molecule has 0 radical (unpaired) electrons. The van der Waals surface area contributed by atoms with Crippen molar-refractivity contribution in [2.45, 2.75) is 65.0 Å². The maximum atomic E-state index is 4.59. The van der Waals surface area contributed by atoms with Gasteiger partial charge in [0.2, 0.25) is 5.95 Å². The first-order chi connectivity index (χ1) is 7.74. The number of imidazole rings is 1. The Morgan fingerprint density at radius 1 is 1.50 bits per heavy atom. The molecule has 1 aliphatic carbocycles. The molecular formula is C13H23N3. The van der Waals surface area contributed by atoms with Crippen LogP contribution in [-0.4, -0.2) is 15.6 Å². The summed E-state index contributed by atoms with van der Waals surface area (Å²) in [6, 6.07) is 1.28. The van der Waals surface area contributed by atoms with Crippen LogP contribution in [0.3, 0.4) is 0 Å². The first-order valence-corrected chi connectivity index (χ1v) is 6.56. The van der Waals surface area contributed by atoms with E-state index in [1.807, 2.05) is 0 Å². The fourth-order valence-electron chi connectivity index (χ4n) is 2.18. The molecule has 1 N–H and O–H groups in total. The van der Waals surface area contributed by atoms with E-state index in [1.165, 1.54) is 32.1 Å². The largest absolute Gasteiger partial charge is 0.353 e. The molecule has 3 nitrogen and oxygen atoms in total. The van der Waals surface area contributed by atoms with Crippen molar-refractivity contribution in [3.8, 4) is 0 Å². The van der Waals surface area contributed by atoms with E-state index in [4.69, 9.17) is 0 Å². The second-order valence-corrected chi connectivity index (χ2v) is 4.88. The highest BCUT2D eigenvalue weighted by molar-refractivity contribution is 5.32. The minimum atomic E-state index is 0.604. The van der Waals surface area contributed by atoms with Gasteiger partial charge in [-0.1, -0.05) is 20.3 Å². The lowest BCUT2D eigenvalue weighted by molar-refractivity contribution is 0.451. The van der Waals surface area contributed by atoms with Crippen LogP contribution in [0.1, 0.15) is 57.7 Å². The van der Waals surface area contributed by atoms with Gasteiger partial charge in [-0.05, 0) is 32.6 Å². The second-order valence-electron chi connectivity index (χ2n) is 4.88. The number of hydrogen-bond donors (Lipinski definition) is 1. The zero-order valence-electron chi connectivity index (χ0n) is 10.7. The molecule has 1 aliphatic rings. The first kappa shape index (κ1) is 11.5. The number of anilines is 1. The van der Waals surface area contributed by atoms with Crippen LogP contribution >= 0.6 is 0 Å². The Morgan fingerprint density at radius 2 is 2.25 bits per heavy atom. The second kappa shape index (κ2) is 4.89. The minimum absolute atomic E-state index is 0.604. The lowest BCUT2D eigenvalue weighted by atomic mass is 10.1. The van der Waals surface area contributed by atoms with Crippen molar-refractivity contribution in [2.24, 2.45) is 0 Å². The highest BCUT2D eigenvalue weighted by Gasteiger charge is 2.24. The van der Waals surface area contributed by atoms with E-state index in [9.17, 15) is 0 Å². The monoisotopic (exact) mass is 221 g/mol. The van der Waals surface area contributed by atoms with E-state index in [0.717, 1.165) is 11.6 Å². The van der Waals surface area contributed by atoms with Gasteiger partial charge in [-0.2, -0.15) is 0 Å². The van der Waals surface area contributed by atoms with Gasteiger partial charge >= 0.3 is 0 Å². The Morgan fingerprint density at radius 3 is 2.81 bits per heavy atom. The van der Waals surface area contributed by atoms with Crippen molar-refractivity contribution in [1.82, 2.24) is 9.55 Å². The van der Waals surface area contributed by atoms with Crippen LogP contribution < -0.4 is 5.32 Å². The number of rotatable bonds is 6. The molecule has 3 heteroatoms. The average molecular weight is 221 g/mol. The predicted molar refractivity (Wildman–Crippen MR) is 67.8 cm³/mol. The van der Waals surface area contributed by atoms with Gasteiger partial charge in [-0.3, -0.25) is 0 Å². The molecule has 0 spiro atoms. The Kier molecular flexibility index (Phi) is 3.52. The molecule has 1 fully saturated rings. The van der Waals surface area contributed by atoms with Gasteiger partial charge in [0.05, 0.1) is 5.69 Å². The molecule has 16 heavy (non-hydrogen) atoms. The molecule has 0 aromatic carbocycles. The van der Waals surface area contributed by atoms with Crippen LogP contribution in [0.25, 0.3) is 0 Å². The van der Waals surface area contributed by atoms with Gasteiger partial charge in [0.15, 0.2) is 0 Å². The molecule has 1 aromatic rings. The molecule has 0 amide bonds. The zero-order valence-corrected chi connectivity index (χ0v) is 10.7. The summed E-state index contributed by atoms with van der Waals surface area (Å²) in [5.41, 5.74) is 1.12. The summed E-state index contributed by atoms with van der Waals surface area (Å²) in [6.07, 6.45) is 8.45. The van der Waals surface area contributed by atoms with E-state index in [0.29, 0.717) is 12.1 Å². The number of nitrogens with zero attached hydrogens (tertiary/aromatic N) is 2. The number of aromatic nitrogens is 2. The summed E-state index contributed by atoms with van der Waals surface area (Å²) in [6.45, 7) is 6.59. The highest BCUT2D eigenvalue weighted by atomic mass is 15.2. The summed E-state index contributed by atoms with van der Waals surface area (Å²) >= 11 is 0. The Hall–Kier alpha value is -0.990. The van der Waals surface area contributed by atoms with Gasteiger partial charge < -0.3 is 9.88 Å². The summed E-state index contributed by atoms with van der Waals surface area (Å²) in [7, 11) is 0. The molecule has 1 aromatic heterocycles. The van der Waals surface area contributed by atoms with E-state index in [-0.39, 0.29) is 0 Å². The number of hydrogen-bond acceptors (Lipinski definition) is 2. The number of nitrogens with one attached hydrogen (secondary N) is 1. The maximum Gasteiger partial charge on any atom is 0.203 e. The molecule has 1 heterocycles. The van der Waals surface area contributed by atoms with Gasteiger partial charge in [-0.15, -0.1) is 0 Å². The normalized spacial score (nSPS) is 17.4. The summed E-state index contributed by atoms with van der Waals surface area (Å²) in [4.78, 5) is 4.59. The molecule has 0 aliphatic heterocycles. The zero-order chi connectivity index (χ0) is 11.5. The van der Waals surface area contributed by atoms with E-state index in [2.05, 4.69) is 41.8 Å². The Bertz CT molecular complexity index is 339. The maximum absolute atomic E-state index is 4.59. The van der Waals surface area contributed by atoms with Crippen molar-refractivity contribution < 1.29 is 0 Å². The Balaban J connectivity index is 2.15. The van der Waals surface area contributed by atoms with Crippen LogP contribution in [0.15, 0.2) is 6.20 Å². The SMILES string of the molecule is CCCC(CC)n1cc(C)nc1NC1CC1. The van der Waals surface area contributed by atoms with Gasteiger partial charge in [0.25, 0.3) is 0 Å².